The number of nitrogens with zero attached hydrogens (tertiary/aromatic N) is 2. The maximum atomic E-state index is 13.8. The van der Waals surface area contributed by atoms with Gasteiger partial charge in [0.2, 0.25) is 0 Å². The van der Waals surface area contributed by atoms with E-state index in [1.807, 2.05) is 13.0 Å². The van der Waals surface area contributed by atoms with Crippen molar-refractivity contribution in [3.63, 3.8) is 0 Å². The van der Waals surface area contributed by atoms with Crippen molar-refractivity contribution in [3.05, 3.63) is 65.3 Å². The zero-order valence-corrected chi connectivity index (χ0v) is 13.3. The summed E-state index contributed by atoms with van der Waals surface area (Å²) in [6.07, 6.45) is 4.99. The number of carbonyl (C=O) groups is 2. The lowest BCUT2D eigenvalue weighted by Crippen LogP contribution is -2.23. The molecule has 6 heteroatoms. The smallest absolute Gasteiger partial charge is 0.259 e. The Morgan fingerprint density at radius 1 is 1.29 bits per heavy atom. The molecular formula is C18H16FN3O2. The van der Waals surface area contributed by atoms with Gasteiger partial charge in [0.1, 0.15) is 11.5 Å². The van der Waals surface area contributed by atoms with Gasteiger partial charge in [-0.3, -0.25) is 9.59 Å². The van der Waals surface area contributed by atoms with Crippen LogP contribution in [0.1, 0.15) is 20.3 Å². The maximum Gasteiger partial charge on any atom is 0.259 e. The highest BCUT2D eigenvalue weighted by Crippen LogP contribution is 2.22. The number of anilines is 1. The summed E-state index contributed by atoms with van der Waals surface area (Å²) in [4.78, 5) is 24.5. The molecule has 1 aromatic heterocycles. The van der Waals surface area contributed by atoms with E-state index in [0.29, 0.717) is 11.3 Å². The molecule has 0 bridgehead atoms. The van der Waals surface area contributed by atoms with Crippen LogP contribution in [0.5, 0.6) is 0 Å². The van der Waals surface area contributed by atoms with E-state index >= 15 is 0 Å². The van der Waals surface area contributed by atoms with Gasteiger partial charge in [-0.25, -0.2) is 9.07 Å². The molecule has 0 atom stereocenters. The van der Waals surface area contributed by atoms with Crippen LogP contribution in [-0.2, 0) is 9.59 Å². The summed E-state index contributed by atoms with van der Waals surface area (Å²) in [6, 6.07) is 6.20. The molecule has 2 aromatic rings. The number of benzene rings is 1. The van der Waals surface area contributed by atoms with Gasteiger partial charge in [-0.2, -0.15) is 5.10 Å². The molecule has 24 heavy (non-hydrogen) atoms. The monoisotopic (exact) mass is 325 g/mol. The van der Waals surface area contributed by atoms with Crippen LogP contribution in [-0.4, -0.2) is 21.5 Å². The number of ketones is 1. The van der Waals surface area contributed by atoms with Gasteiger partial charge in [0.05, 0.1) is 23.7 Å². The lowest BCUT2D eigenvalue weighted by Gasteiger charge is -2.14. The molecule has 122 valence electrons. The number of hydrogen-bond acceptors (Lipinski definition) is 3. The van der Waals surface area contributed by atoms with Crippen molar-refractivity contribution in [1.82, 2.24) is 9.78 Å². The molecule has 3 rings (SSSR count). The van der Waals surface area contributed by atoms with Crippen LogP contribution in [0.3, 0.4) is 0 Å². The molecule has 0 saturated carbocycles. The second kappa shape index (κ2) is 6.23. The first kappa shape index (κ1) is 15.9. The standard InChI is InChI=1S/C18H16FN3O2/c1-11-7-12(2)17(16(23)8-11)18(24)21-13-9-20-22(10-13)15-6-4-3-5-14(15)19/h3-7,9-10H,8H2,1-2H3,(H,21,24). The largest absolute Gasteiger partial charge is 0.319 e. The summed E-state index contributed by atoms with van der Waals surface area (Å²) in [5, 5.41) is 6.69. The quantitative estimate of drug-likeness (QED) is 0.882. The Kier molecular flexibility index (Phi) is 4.12. The van der Waals surface area contributed by atoms with Gasteiger partial charge in [-0.15, -0.1) is 0 Å². The topological polar surface area (TPSA) is 64.0 Å². The first-order valence-electron chi connectivity index (χ1n) is 7.48. The molecule has 1 aliphatic carbocycles. The number of nitrogens with one attached hydrogen (secondary N) is 1. The molecular weight excluding hydrogens is 309 g/mol. The van der Waals surface area contributed by atoms with Gasteiger partial charge >= 0.3 is 0 Å². The van der Waals surface area contributed by atoms with E-state index in [-0.39, 0.29) is 23.5 Å². The van der Waals surface area contributed by atoms with Gasteiger partial charge in [-0.05, 0) is 31.6 Å². The minimum absolute atomic E-state index is 0.152. The molecule has 5 nitrogen and oxygen atoms in total. The molecule has 0 spiro atoms. The Morgan fingerprint density at radius 2 is 2.04 bits per heavy atom. The van der Waals surface area contributed by atoms with Gasteiger partial charge in [-0.1, -0.05) is 23.8 Å². The first-order valence-corrected chi connectivity index (χ1v) is 7.48. The predicted molar refractivity (Wildman–Crippen MR) is 88.2 cm³/mol. The number of para-hydroxylation sites is 1. The number of Topliss-reactive ketones (excluding diaryl/α,β-unsaturated/α-hetero) is 1. The molecule has 1 aromatic carbocycles. The van der Waals surface area contributed by atoms with Crippen LogP contribution in [0.25, 0.3) is 5.69 Å². The molecule has 0 radical (unpaired) electrons. The zero-order valence-electron chi connectivity index (χ0n) is 13.3. The van der Waals surface area contributed by atoms with Crippen LogP contribution < -0.4 is 5.32 Å². The maximum absolute atomic E-state index is 13.8. The van der Waals surface area contributed by atoms with Crippen LogP contribution in [0.15, 0.2) is 59.5 Å². The number of hydrogen-bond donors (Lipinski definition) is 1. The van der Waals surface area contributed by atoms with Gasteiger partial charge in [0.15, 0.2) is 5.78 Å². The number of allylic oxidation sites excluding steroid dienone is 3. The van der Waals surface area contributed by atoms with Crippen LogP contribution >= 0.6 is 0 Å². The molecule has 0 saturated heterocycles. The van der Waals surface area contributed by atoms with Crippen molar-refractivity contribution < 1.29 is 14.0 Å². The number of carbonyl (C=O) groups excluding carboxylic acids is 2. The van der Waals surface area contributed by atoms with E-state index in [9.17, 15) is 14.0 Å². The Labute approximate surface area is 138 Å². The van der Waals surface area contributed by atoms with Crippen LogP contribution in [0.4, 0.5) is 10.1 Å². The lowest BCUT2D eigenvalue weighted by molar-refractivity contribution is -0.119. The van der Waals surface area contributed by atoms with E-state index in [4.69, 9.17) is 0 Å². The summed E-state index contributed by atoms with van der Waals surface area (Å²) >= 11 is 0. The van der Waals surface area contributed by atoms with E-state index in [1.165, 1.54) is 23.1 Å². The summed E-state index contributed by atoms with van der Waals surface area (Å²) in [7, 11) is 0. The molecule has 0 fully saturated rings. The Hall–Kier alpha value is -3.02. The van der Waals surface area contributed by atoms with Crippen molar-refractivity contribution in [2.45, 2.75) is 20.3 Å². The number of aromatic nitrogens is 2. The molecule has 0 unspecified atom stereocenters. The van der Waals surface area contributed by atoms with Crippen molar-refractivity contribution in [2.24, 2.45) is 0 Å². The fourth-order valence-electron chi connectivity index (χ4n) is 2.71. The number of amides is 1. The summed E-state index contributed by atoms with van der Waals surface area (Å²) < 4.78 is 15.1. The van der Waals surface area contributed by atoms with Gasteiger partial charge < -0.3 is 5.32 Å². The molecule has 0 aliphatic heterocycles. The van der Waals surface area contributed by atoms with E-state index < -0.39 is 11.7 Å². The summed E-state index contributed by atoms with van der Waals surface area (Å²) in [5.74, 6) is -1.10. The summed E-state index contributed by atoms with van der Waals surface area (Å²) in [6.45, 7) is 3.59. The predicted octanol–water partition coefficient (Wildman–Crippen LogP) is 3.19. The molecule has 1 amide bonds. The lowest BCUT2D eigenvalue weighted by atomic mass is 9.92. The first-order chi connectivity index (χ1) is 11.5. The third kappa shape index (κ3) is 3.03. The van der Waals surface area contributed by atoms with Gasteiger partial charge in [0, 0.05) is 6.42 Å². The third-order valence-corrected chi connectivity index (χ3v) is 3.74. The fraction of sp³-hybridized carbons (Fsp3) is 0.167. The Bertz CT molecular complexity index is 893. The van der Waals surface area contributed by atoms with Crippen molar-refractivity contribution in [1.29, 1.82) is 0 Å². The highest BCUT2D eigenvalue weighted by Gasteiger charge is 2.24. The molecule has 1 N–H and O–H groups in total. The van der Waals surface area contributed by atoms with Crippen molar-refractivity contribution in [3.8, 4) is 5.69 Å². The minimum Gasteiger partial charge on any atom is -0.319 e. The van der Waals surface area contributed by atoms with Crippen LogP contribution in [0.2, 0.25) is 0 Å². The highest BCUT2D eigenvalue weighted by molar-refractivity contribution is 6.25. The SMILES string of the molecule is CC1=CC(C)=C(C(=O)Nc2cnn(-c3ccccc3F)c2)C(=O)C1. The normalized spacial score (nSPS) is 14.6. The third-order valence-electron chi connectivity index (χ3n) is 3.74. The van der Waals surface area contributed by atoms with E-state index in [1.54, 1.807) is 25.1 Å². The zero-order chi connectivity index (χ0) is 17.3. The van der Waals surface area contributed by atoms with E-state index in [2.05, 4.69) is 10.4 Å². The fourth-order valence-corrected chi connectivity index (χ4v) is 2.71. The number of halogens is 1. The Balaban J connectivity index is 1.83. The highest BCUT2D eigenvalue weighted by atomic mass is 19.1. The molecule has 1 aliphatic rings. The average molecular weight is 325 g/mol. The number of rotatable bonds is 3. The van der Waals surface area contributed by atoms with Crippen molar-refractivity contribution >= 4 is 17.4 Å². The second-order valence-electron chi connectivity index (χ2n) is 5.73. The van der Waals surface area contributed by atoms with E-state index in [0.717, 1.165) is 5.57 Å². The minimum atomic E-state index is -0.477. The van der Waals surface area contributed by atoms with Gasteiger partial charge in [0.25, 0.3) is 5.91 Å². The molecule has 1 heterocycles. The second-order valence-corrected chi connectivity index (χ2v) is 5.73. The Morgan fingerprint density at radius 3 is 2.75 bits per heavy atom. The average Bonchev–Trinajstić information content (AvgIpc) is 2.94. The summed E-state index contributed by atoms with van der Waals surface area (Å²) in [5.41, 5.74) is 2.40. The van der Waals surface area contributed by atoms with Crippen molar-refractivity contribution in [2.75, 3.05) is 5.32 Å². The van der Waals surface area contributed by atoms with Crippen LogP contribution in [0, 0.1) is 5.82 Å².